The highest BCUT2D eigenvalue weighted by Crippen LogP contribution is 2.23. The molecule has 0 aliphatic carbocycles. The molecule has 1 unspecified atom stereocenters. The van der Waals surface area contributed by atoms with E-state index in [0.717, 1.165) is 5.56 Å². The van der Waals surface area contributed by atoms with Crippen LogP contribution in [0.1, 0.15) is 18.5 Å². The van der Waals surface area contributed by atoms with Crippen molar-refractivity contribution in [1.29, 1.82) is 0 Å². The highest BCUT2D eigenvalue weighted by molar-refractivity contribution is 5.86. The fourth-order valence-electron chi connectivity index (χ4n) is 1.67. The molecule has 1 atom stereocenters. The summed E-state index contributed by atoms with van der Waals surface area (Å²) in [5, 5.41) is 9.16. The van der Waals surface area contributed by atoms with Crippen molar-refractivity contribution in [1.82, 2.24) is 4.90 Å². The number of hydrogen-bond donors (Lipinski definition) is 1. The number of hydrogen-bond acceptors (Lipinski definition) is 2. The molecule has 0 heterocycles. The first kappa shape index (κ1) is 14.3. The smallest absolute Gasteiger partial charge is 0.412 e. The second-order valence-electron chi connectivity index (χ2n) is 4.42. The lowest BCUT2D eigenvalue weighted by atomic mass is 10.1. The van der Waals surface area contributed by atoms with Gasteiger partial charge in [0.25, 0.3) is 0 Å². The molecule has 1 aromatic rings. The highest BCUT2D eigenvalue weighted by atomic mass is 16.4. The number of nitrogens with zero attached hydrogens (tertiary/aromatic N) is 2. The molecule has 1 aromatic carbocycles. The Balaban J connectivity index is 3.06. The predicted molar refractivity (Wildman–Crippen MR) is 74.1 cm³/mol. The molecule has 0 bridgehead atoms. The maximum atomic E-state index is 11.2. The molecule has 98 valence electrons. The standard InChI is InChI=1S/C14H20N2O2/c1-5-9-16(14(17)18)13-8-6-7-12(10-13)11(2)15(3)4/h5-8,10-11H,1,9H2,2-4H3,(H,17,18). The Hall–Kier alpha value is -1.81. The summed E-state index contributed by atoms with van der Waals surface area (Å²) in [6, 6.07) is 7.82. The minimum absolute atomic E-state index is 0.240. The summed E-state index contributed by atoms with van der Waals surface area (Å²) >= 11 is 0. The molecule has 0 saturated heterocycles. The highest BCUT2D eigenvalue weighted by Gasteiger charge is 2.14. The van der Waals surface area contributed by atoms with Crippen LogP contribution in [0.2, 0.25) is 0 Å². The van der Waals surface area contributed by atoms with Gasteiger partial charge in [0.15, 0.2) is 0 Å². The number of amides is 1. The van der Waals surface area contributed by atoms with E-state index >= 15 is 0 Å². The van der Waals surface area contributed by atoms with Crippen molar-refractivity contribution in [2.45, 2.75) is 13.0 Å². The molecule has 0 saturated carbocycles. The van der Waals surface area contributed by atoms with E-state index in [1.165, 1.54) is 4.90 Å². The van der Waals surface area contributed by atoms with Gasteiger partial charge in [-0.05, 0) is 38.7 Å². The third-order valence-electron chi connectivity index (χ3n) is 2.98. The minimum Gasteiger partial charge on any atom is -0.465 e. The SMILES string of the molecule is C=CCN(C(=O)O)c1cccc(C(C)N(C)C)c1. The summed E-state index contributed by atoms with van der Waals surface area (Å²) in [5.74, 6) is 0. The topological polar surface area (TPSA) is 43.8 Å². The van der Waals surface area contributed by atoms with Crippen LogP contribution in [0.3, 0.4) is 0 Å². The van der Waals surface area contributed by atoms with Crippen LogP contribution < -0.4 is 4.90 Å². The molecular formula is C14H20N2O2. The van der Waals surface area contributed by atoms with Crippen LogP contribution in [0.4, 0.5) is 10.5 Å². The molecule has 1 amide bonds. The van der Waals surface area contributed by atoms with Crippen molar-refractivity contribution in [2.75, 3.05) is 25.5 Å². The number of carbonyl (C=O) groups is 1. The summed E-state index contributed by atoms with van der Waals surface area (Å²) < 4.78 is 0. The first-order valence-electron chi connectivity index (χ1n) is 5.85. The third-order valence-corrected chi connectivity index (χ3v) is 2.98. The van der Waals surface area contributed by atoms with Gasteiger partial charge in [0.2, 0.25) is 0 Å². The number of rotatable bonds is 5. The molecule has 0 spiro atoms. The predicted octanol–water partition coefficient (Wildman–Crippen LogP) is 2.98. The van der Waals surface area contributed by atoms with Crippen molar-refractivity contribution >= 4 is 11.8 Å². The summed E-state index contributed by atoms with van der Waals surface area (Å²) in [5.41, 5.74) is 1.77. The molecule has 4 nitrogen and oxygen atoms in total. The van der Waals surface area contributed by atoms with Crippen LogP contribution in [-0.2, 0) is 0 Å². The van der Waals surface area contributed by atoms with Gasteiger partial charge in [0, 0.05) is 18.3 Å². The summed E-state index contributed by atoms with van der Waals surface area (Å²) in [6.07, 6.45) is 0.612. The number of anilines is 1. The van der Waals surface area contributed by atoms with E-state index in [4.69, 9.17) is 5.11 Å². The molecule has 4 heteroatoms. The Morgan fingerprint density at radius 1 is 1.50 bits per heavy atom. The van der Waals surface area contributed by atoms with E-state index in [0.29, 0.717) is 5.69 Å². The van der Waals surface area contributed by atoms with Gasteiger partial charge in [-0.1, -0.05) is 18.2 Å². The zero-order chi connectivity index (χ0) is 13.7. The Kier molecular flexibility index (Phi) is 4.92. The second kappa shape index (κ2) is 6.21. The van der Waals surface area contributed by atoms with Crippen LogP contribution in [0.5, 0.6) is 0 Å². The summed E-state index contributed by atoms with van der Waals surface area (Å²) in [4.78, 5) is 14.5. The van der Waals surface area contributed by atoms with Gasteiger partial charge >= 0.3 is 6.09 Å². The fourth-order valence-corrected chi connectivity index (χ4v) is 1.67. The average Bonchev–Trinajstić information content (AvgIpc) is 2.34. The van der Waals surface area contributed by atoms with Crippen molar-refractivity contribution in [3.05, 3.63) is 42.5 Å². The monoisotopic (exact) mass is 248 g/mol. The van der Waals surface area contributed by atoms with E-state index in [1.54, 1.807) is 12.1 Å². The molecule has 1 rings (SSSR count). The average molecular weight is 248 g/mol. The van der Waals surface area contributed by atoms with Gasteiger partial charge in [0.05, 0.1) is 0 Å². The van der Waals surface area contributed by atoms with E-state index < -0.39 is 6.09 Å². The van der Waals surface area contributed by atoms with Crippen LogP contribution in [-0.4, -0.2) is 36.7 Å². The summed E-state index contributed by atoms with van der Waals surface area (Å²) in [7, 11) is 3.99. The lowest BCUT2D eigenvalue weighted by molar-refractivity contribution is 0.202. The second-order valence-corrected chi connectivity index (χ2v) is 4.42. The first-order chi connectivity index (χ1) is 8.47. The maximum absolute atomic E-state index is 11.2. The Morgan fingerprint density at radius 3 is 2.67 bits per heavy atom. The normalized spacial score (nSPS) is 12.2. The fraction of sp³-hybridized carbons (Fsp3) is 0.357. The lowest BCUT2D eigenvalue weighted by Gasteiger charge is -2.23. The van der Waals surface area contributed by atoms with Crippen LogP contribution in [0, 0.1) is 0 Å². The number of carboxylic acid groups (broad SMARTS) is 1. The Morgan fingerprint density at radius 2 is 2.17 bits per heavy atom. The molecular weight excluding hydrogens is 228 g/mol. The largest absolute Gasteiger partial charge is 0.465 e. The van der Waals surface area contributed by atoms with Crippen LogP contribution in [0.15, 0.2) is 36.9 Å². The van der Waals surface area contributed by atoms with E-state index in [9.17, 15) is 4.79 Å². The zero-order valence-electron chi connectivity index (χ0n) is 11.1. The van der Waals surface area contributed by atoms with Gasteiger partial charge in [0.1, 0.15) is 0 Å². The van der Waals surface area contributed by atoms with Crippen molar-refractivity contribution in [3.63, 3.8) is 0 Å². The maximum Gasteiger partial charge on any atom is 0.412 e. The third kappa shape index (κ3) is 3.34. The molecule has 0 aromatic heterocycles. The molecule has 1 N–H and O–H groups in total. The summed E-state index contributed by atoms with van der Waals surface area (Å²) in [6.45, 7) is 5.95. The first-order valence-corrected chi connectivity index (χ1v) is 5.85. The quantitative estimate of drug-likeness (QED) is 0.815. The Bertz CT molecular complexity index is 430. The van der Waals surface area contributed by atoms with Gasteiger partial charge in [-0.25, -0.2) is 4.79 Å². The van der Waals surface area contributed by atoms with Crippen LogP contribution >= 0.6 is 0 Å². The molecule has 18 heavy (non-hydrogen) atoms. The van der Waals surface area contributed by atoms with Gasteiger partial charge in [-0.2, -0.15) is 0 Å². The molecule has 0 fully saturated rings. The van der Waals surface area contributed by atoms with Crippen molar-refractivity contribution in [2.24, 2.45) is 0 Å². The van der Waals surface area contributed by atoms with E-state index in [-0.39, 0.29) is 12.6 Å². The van der Waals surface area contributed by atoms with Crippen molar-refractivity contribution in [3.8, 4) is 0 Å². The van der Waals surface area contributed by atoms with Gasteiger partial charge < -0.3 is 10.0 Å². The molecule has 0 aliphatic heterocycles. The van der Waals surface area contributed by atoms with Gasteiger partial charge in [-0.15, -0.1) is 6.58 Å². The van der Waals surface area contributed by atoms with E-state index in [2.05, 4.69) is 18.4 Å². The Labute approximate surface area is 108 Å². The van der Waals surface area contributed by atoms with Gasteiger partial charge in [-0.3, -0.25) is 4.90 Å². The van der Waals surface area contributed by atoms with Crippen molar-refractivity contribution < 1.29 is 9.90 Å². The molecule has 0 radical (unpaired) electrons. The molecule has 0 aliphatic rings. The lowest BCUT2D eigenvalue weighted by Crippen LogP contribution is -2.29. The van der Waals surface area contributed by atoms with E-state index in [1.807, 2.05) is 32.3 Å². The van der Waals surface area contributed by atoms with Crippen LogP contribution in [0.25, 0.3) is 0 Å². The zero-order valence-corrected chi connectivity index (χ0v) is 11.1. The number of benzene rings is 1. The minimum atomic E-state index is -0.968.